The van der Waals surface area contributed by atoms with E-state index < -0.39 is 0 Å². The lowest BCUT2D eigenvalue weighted by Crippen LogP contribution is -2.52. The molecule has 3 heteroatoms. The van der Waals surface area contributed by atoms with Crippen molar-refractivity contribution in [1.29, 1.82) is 0 Å². The summed E-state index contributed by atoms with van der Waals surface area (Å²) in [4.78, 5) is 11.8. The fourth-order valence-corrected chi connectivity index (χ4v) is 1.50. The predicted molar refractivity (Wildman–Crippen MR) is 56.1 cm³/mol. The van der Waals surface area contributed by atoms with Crippen LogP contribution in [0, 0.1) is 5.41 Å². The van der Waals surface area contributed by atoms with Gasteiger partial charge < -0.3 is 10.1 Å². The van der Waals surface area contributed by atoms with Crippen molar-refractivity contribution in [2.24, 2.45) is 5.41 Å². The van der Waals surface area contributed by atoms with Crippen LogP contribution in [0.1, 0.15) is 40.5 Å². The Morgan fingerprint density at radius 1 is 1.50 bits per heavy atom. The molecule has 1 atom stereocenters. The minimum absolute atomic E-state index is 0.107. The summed E-state index contributed by atoms with van der Waals surface area (Å²) in [6.07, 6.45) is 1.88. The van der Waals surface area contributed by atoms with Gasteiger partial charge in [-0.15, -0.1) is 0 Å². The van der Waals surface area contributed by atoms with E-state index in [1.54, 1.807) is 0 Å². The summed E-state index contributed by atoms with van der Waals surface area (Å²) in [6.45, 7) is 9.31. The summed E-state index contributed by atoms with van der Waals surface area (Å²) in [6, 6.07) is 0. The maximum Gasteiger partial charge on any atom is 0.225 e. The van der Waals surface area contributed by atoms with Crippen LogP contribution in [0.2, 0.25) is 0 Å². The molecule has 1 saturated heterocycles. The van der Waals surface area contributed by atoms with Crippen LogP contribution >= 0.6 is 0 Å². The molecule has 1 rings (SSSR count). The topological polar surface area (TPSA) is 38.3 Å². The van der Waals surface area contributed by atoms with E-state index in [4.69, 9.17) is 4.74 Å². The zero-order valence-electron chi connectivity index (χ0n) is 9.64. The zero-order chi connectivity index (χ0) is 10.8. The molecule has 0 aliphatic carbocycles. The number of carbonyl (C=O) groups excluding carboxylic acids is 1. The van der Waals surface area contributed by atoms with E-state index in [1.807, 2.05) is 20.8 Å². The van der Waals surface area contributed by atoms with Crippen LogP contribution in [-0.4, -0.2) is 24.7 Å². The maximum atomic E-state index is 11.8. The third kappa shape index (κ3) is 2.47. The smallest absolute Gasteiger partial charge is 0.225 e. The fourth-order valence-electron chi connectivity index (χ4n) is 1.50. The quantitative estimate of drug-likeness (QED) is 0.735. The summed E-state index contributed by atoms with van der Waals surface area (Å²) >= 11 is 0. The van der Waals surface area contributed by atoms with Crippen LogP contribution in [-0.2, 0) is 9.53 Å². The first-order valence-corrected chi connectivity index (χ1v) is 5.30. The van der Waals surface area contributed by atoms with E-state index in [0.29, 0.717) is 6.61 Å². The lowest BCUT2D eigenvalue weighted by molar-refractivity contribution is -0.130. The van der Waals surface area contributed by atoms with Gasteiger partial charge >= 0.3 is 0 Å². The first-order chi connectivity index (χ1) is 6.40. The number of rotatable bonds is 2. The molecule has 0 aromatic carbocycles. The van der Waals surface area contributed by atoms with Crippen molar-refractivity contribution in [2.45, 2.75) is 46.1 Å². The molecule has 1 fully saturated rings. The second-order valence-corrected chi connectivity index (χ2v) is 5.14. The molecule has 3 nitrogen and oxygen atoms in total. The van der Waals surface area contributed by atoms with Crippen LogP contribution < -0.4 is 5.32 Å². The Morgan fingerprint density at radius 2 is 2.14 bits per heavy atom. The molecule has 14 heavy (non-hydrogen) atoms. The van der Waals surface area contributed by atoms with Gasteiger partial charge in [-0.2, -0.15) is 0 Å². The van der Waals surface area contributed by atoms with Crippen molar-refractivity contribution in [2.75, 3.05) is 13.2 Å². The van der Waals surface area contributed by atoms with Crippen LogP contribution in [0.4, 0.5) is 0 Å². The highest BCUT2D eigenvalue weighted by Crippen LogP contribution is 2.24. The number of ether oxygens (including phenoxy) is 1. The molecule has 1 aliphatic heterocycles. The van der Waals surface area contributed by atoms with Crippen LogP contribution in [0.3, 0.4) is 0 Å². The summed E-state index contributed by atoms with van der Waals surface area (Å²) in [5, 5.41) is 3.12. The highest BCUT2D eigenvalue weighted by atomic mass is 16.5. The van der Waals surface area contributed by atoms with E-state index in [2.05, 4.69) is 12.2 Å². The first kappa shape index (κ1) is 11.5. The Balaban J connectivity index is 2.61. The van der Waals surface area contributed by atoms with Crippen LogP contribution in [0.25, 0.3) is 0 Å². The van der Waals surface area contributed by atoms with Gasteiger partial charge in [0, 0.05) is 12.0 Å². The Kier molecular flexibility index (Phi) is 3.20. The summed E-state index contributed by atoms with van der Waals surface area (Å²) in [5.74, 6) is 0.116. The highest BCUT2D eigenvalue weighted by molar-refractivity contribution is 5.82. The van der Waals surface area contributed by atoms with Crippen molar-refractivity contribution < 1.29 is 9.53 Å². The van der Waals surface area contributed by atoms with E-state index in [9.17, 15) is 4.79 Å². The summed E-state index contributed by atoms with van der Waals surface area (Å²) < 4.78 is 5.35. The number of nitrogens with one attached hydrogen (secondary N) is 1. The van der Waals surface area contributed by atoms with Crippen molar-refractivity contribution >= 4 is 5.91 Å². The summed E-state index contributed by atoms with van der Waals surface area (Å²) in [5.41, 5.74) is -0.422. The van der Waals surface area contributed by atoms with E-state index in [0.717, 1.165) is 19.4 Å². The molecular weight excluding hydrogens is 178 g/mol. The minimum atomic E-state index is -0.315. The Morgan fingerprint density at radius 3 is 2.50 bits per heavy atom. The lowest BCUT2D eigenvalue weighted by Gasteiger charge is -2.31. The van der Waals surface area contributed by atoms with Gasteiger partial charge in [-0.25, -0.2) is 0 Å². The molecule has 1 unspecified atom stereocenters. The molecular formula is C11H21NO2. The average molecular weight is 199 g/mol. The van der Waals surface area contributed by atoms with Crippen molar-refractivity contribution in [1.82, 2.24) is 5.32 Å². The molecule has 1 heterocycles. The normalized spacial score (nSPS) is 27.7. The number of carbonyl (C=O) groups is 1. The number of hydrogen-bond donors (Lipinski definition) is 1. The molecule has 1 N–H and O–H groups in total. The Labute approximate surface area is 86.2 Å². The maximum absolute atomic E-state index is 11.8. The van der Waals surface area contributed by atoms with Crippen molar-refractivity contribution in [3.05, 3.63) is 0 Å². The van der Waals surface area contributed by atoms with E-state index >= 15 is 0 Å². The lowest BCUT2D eigenvalue weighted by atomic mass is 9.90. The predicted octanol–water partition coefficient (Wildman–Crippen LogP) is 1.72. The summed E-state index contributed by atoms with van der Waals surface area (Å²) in [7, 11) is 0. The molecule has 0 saturated carbocycles. The Bertz CT molecular complexity index is 212. The molecule has 1 aliphatic rings. The van der Waals surface area contributed by atoms with Crippen molar-refractivity contribution in [3.8, 4) is 0 Å². The molecule has 0 radical (unpaired) electrons. The third-order valence-electron chi connectivity index (χ3n) is 2.84. The van der Waals surface area contributed by atoms with Crippen LogP contribution in [0.15, 0.2) is 0 Å². The van der Waals surface area contributed by atoms with Gasteiger partial charge in [-0.05, 0) is 12.8 Å². The van der Waals surface area contributed by atoms with Gasteiger partial charge in [0.1, 0.15) is 0 Å². The average Bonchev–Trinajstić information content (AvgIpc) is 2.52. The monoisotopic (exact) mass is 199 g/mol. The molecule has 0 bridgehead atoms. The fraction of sp³-hybridized carbons (Fsp3) is 0.909. The van der Waals surface area contributed by atoms with Gasteiger partial charge in [0.15, 0.2) is 0 Å². The molecule has 0 aromatic heterocycles. The van der Waals surface area contributed by atoms with E-state index in [1.165, 1.54) is 0 Å². The highest BCUT2D eigenvalue weighted by Gasteiger charge is 2.37. The second-order valence-electron chi connectivity index (χ2n) is 5.14. The van der Waals surface area contributed by atoms with Gasteiger partial charge in [-0.3, -0.25) is 4.79 Å². The first-order valence-electron chi connectivity index (χ1n) is 5.30. The van der Waals surface area contributed by atoms with Gasteiger partial charge in [0.05, 0.1) is 12.1 Å². The van der Waals surface area contributed by atoms with Gasteiger partial charge in [0.25, 0.3) is 0 Å². The molecule has 0 aromatic rings. The van der Waals surface area contributed by atoms with Crippen LogP contribution in [0.5, 0.6) is 0 Å². The SMILES string of the molecule is CCC1(NC(=O)C(C)(C)C)CCOC1. The van der Waals surface area contributed by atoms with Crippen molar-refractivity contribution in [3.63, 3.8) is 0 Å². The number of amides is 1. The van der Waals surface area contributed by atoms with Gasteiger partial charge in [0.2, 0.25) is 5.91 Å². The second kappa shape index (κ2) is 3.89. The number of hydrogen-bond acceptors (Lipinski definition) is 2. The minimum Gasteiger partial charge on any atom is -0.379 e. The Hall–Kier alpha value is -0.570. The molecule has 0 spiro atoms. The molecule has 82 valence electrons. The largest absolute Gasteiger partial charge is 0.379 e. The standard InChI is InChI=1S/C11H21NO2/c1-5-11(6-7-14-8-11)12-9(13)10(2,3)4/h5-8H2,1-4H3,(H,12,13). The zero-order valence-corrected chi connectivity index (χ0v) is 9.64. The van der Waals surface area contributed by atoms with Gasteiger partial charge in [-0.1, -0.05) is 27.7 Å². The third-order valence-corrected chi connectivity index (χ3v) is 2.84. The molecule has 1 amide bonds. The van der Waals surface area contributed by atoms with E-state index in [-0.39, 0.29) is 16.9 Å².